The minimum absolute atomic E-state index is 0.0829. The molecule has 1 unspecified atom stereocenters. The van der Waals surface area contributed by atoms with E-state index in [2.05, 4.69) is 25.8 Å². The first-order valence-electron chi connectivity index (χ1n) is 6.86. The highest BCUT2D eigenvalue weighted by Crippen LogP contribution is 2.32. The first-order valence-corrected chi connectivity index (χ1v) is 9.52. The van der Waals surface area contributed by atoms with E-state index in [1.807, 2.05) is 11.7 Å². The van der Waals surface area contributed by atoms with E-state index in [1.54, 1.807) is 18.3 Å². The molecule has 2 aromatic rings. The van der Waals surface area contributed by atoms with E-state index in [0.29, 0.717) is 4.47 Å². The van der Waals surface area contributed by atoms with Gasteiger partial charge in [0.15, 0.2) is 0 Å². The van der Waals surface area contributed by atoms with Crippen molar-refractivity contribution in [3.63, 3.8) is 0 Å². The molecule has 0 fully saturated rings. The van der Waals surface area contributed by atoms with Crippen molar-refractivity contribution in [2.75, 3.05) is 0 Å². The van der Waals surface area contributed by atoms with Crippen LogP contribution in [0.4, 0.5) is 0 Å². The van der Waals surface area contributed by atoms with Crippen LogP contribution in [0.2, 0.25) is 5.02 Å². The Morgan fingerprint density at radius 2 is 2.23 bits per heavy atom. The predicted molar refractivity (Wildman–Crippen MR) is 88.4 cm³/mol. The van der Waals surface area contributed by atoms with Crippen LogP contribution in [0.1, 0.15) is 30.1 Å². The summed E-state index contributed by atoms with van der Waals surface area (Å²) in [6.07, 6.45) is 4.33. The molecule has 0 saturated carbocycles. The standard InChI is InChI=1S/C14H15BrClN3O2S/c1-19-13-4-2-3-12(10(13)8-17-19)18-22(20,21)14-7-9(15)5-6-11(14)16/h5-8,12,18H,2-4H2,1H3. The van der Waals surface area contributed by atoms with Crippen LogP contribution >= 0.6 is 27.5 Å². The van der Waals surface area contributed by atoms with Crippen molar-refractivity contribution in [3.8, 4) is 0 Å². The molecule has 1 atom stereocenters. The summed E-state index contributed by atoms with van der Waals surface area (Å²) in [6.45, 7) is 0. The maximum absolute atomic E-state index is 12.6. The number of aryl methyl sites for hydroxylation is 1. The van der Waals surface area contributed by atoms with E-state index in [0.717, 1.165) is 30.5 Å². The van der Waals surface area contributed by atoms with Crippen molar-refractivity contribution in [3.05, 3.63) is 45.1 Å². The molecule has 1 N–H and O–H groups in total. The topological polar surface area (TPSA) is 64.0 Å². The number of rotatable bonds is 3. The molecule has 0 bridgehead atoms. The number of halogens is 2. The van der Waals surface area contributed by atoms with Gasteiger partial charge in [-0.05, 0) is 37.5 Å². The fourth-order valence-electron chi connectivity index (χ4n) is 2.76. The van der Waals surface area contributed by atoms with Gasteiger partial charge in [0.2, 0.25) is 10.0 Å². The number of benzene rings is 1. The van der Waals surface area contributed by atoms with E-state index in [4.69, 9.17) is 11.6 Å². The van der Waals surface area contributed by atoms with Crippen LogP contribution in [0.3, 0.4) is 0 Å². The Bertz CT molecular complexity index is 819. The molecular formula is C14H15BrClN3O2S. The third-order valence-electron chi connectivity index (χ3n) is 3.86. The van der Waals surface area contributed by atoms with Crippen LogP contribution < -0.4 is 4.72 Å². The molecule has 1 heterocycles. The zero-order valence-electron chi connectivity index (χ0n) is 11.9. The van der Waals surface area contributed by atoms with Gasteiger partial charge in [-0.2, -0.15) is 5.10 Å². The molecule has 0 saturated heterocycles. The van der Waals surface area contributed by atoms with Crippen molar-refractivity contribution in [1.82, 2.24) is 14.5 Å². The predicted octanol–water partition coefficient (Wildman–Crippen LogP) is 3.19. The second-order valence-corrected chi connectivity index (χ2v) is 8.32. The fraction of sp³-hybridized carbons (Fsp3) is 0.357. The second kappa shape index (κ2) is 5.96. The van der Waals surface area contributed by atoms with Crippen LogP contribution in [0.5, 0.6) is 0 Å². The summed E-state index contributed by atoms with van der Waals surface area (Å²) >= 11 is 9.33. The van der Waals surface area contributed by atoms with Gasteiger partial charge >= 0.3 is 0 Å². The zero-order chi connectivity index (χ0) is 15.9. The molecule has 22 heavy (non-hydrogen) atoms. The summed E-state index contributed by atoms with van der Waals surface area (Å²) in [7, 11) is -1.82. The highest BCUT2D eigenvalue weighted by atomic mass is 79.9. The molecule has 3 rings (SSSR count). The normalized spacial score (nSPS) is 18.2. The summed E-state index contributed by atoms with van der Waals surface area (Å²) in [5.41, 5.74) is 2.03. The molecule has 5 nitrogen and oxygen atoms in total. The Labute approximate surface area is 142 Å². The van der Waals surface area contributed by atoms with Gasteiger partial charge in [0.25, 0.3) is 0 Å². The average Bonchev–Trinajstić information content (AvgIpc) is 2.84. The maximum atomic E-state index is 12.6. The molecule has 0 amide bonds. The van der Waals surface area contributed by atoms with Crippen LogP contribution in [0, 0.1) is 0 Å². The van der Waals surface area contributed by atoms with Gasteiger partial charge in [-0.1, -0.05) is 27.5 Å². The first kappa shape index (κ1) is 16.0. The fourth-order valence-corrected chi connectivity index (χ4v) is 5.05. The van der Waals surface area contributed by atoms with Crippen molar-refractivity contribution in [2.24, 2.45) is 7.05 Å². The number of fused-ring (bicyclic) bond motifs is 1. The molecule has 1 aromatic carbocycles. The van der Waals surface area contributed by atoms with Gasteiger partial charge in [0.1, 0.15) is 4.90 Å². The van der Waals surface area contributed by atoms with Crippen LogP contribution in [-0.2, 0) is 23.5 Å². The molecule has 1 aliphatic carbocycles. The van der Waals surface area contributed by atoms with Gasteiger partial charge < -0.3 is 0 Å². The molecule has 118 valence electrons. The number of nitrogens with one attached hydrogen (secondary N) is 1. The maximum Gasteiger partial charge on any atom is 0.242 e. The Hall–Kier alpha value is -0.890. The lowest BCUT2D eigenvalue weighted by atomic mass is 9.94. The van der Waals surface area contributed by atoms with E-state index >= 15 is 0 Å². The van der Waals surface area contributed by atoms with Gasteiger partial charge in [-0.3, -0.25) is 4.68 Å². The van der Waals surface area contributed by atoms with Gasteiger partial charge in [0, 0.05) is 22.8 Å². The van der Waals surface area contributed by atoms with Crippen molar-refractivity contribution in [1.29, 1.82) is 0 Å². The summed E-state index contributed by atoms with van der Waals surface area (Å²) < 4.78 is 30.5. The van der Waals surface area contributed by atoms with E-state index in [-0.39, 0.29) is 16.0 Å². The zero-order valence-corrected chi connectivity index (χ0v) is 15.0. The lowest BCUT2D eigenvalue weighted by molar-refractivity contribution is 0.498. The van der Waals surface area contributed by atoms with E-state index in [1.165, 1.54) is 6.07 Å². The number of hydrogen-bond donors (Lipinski definition) is 1. The Morgan fingerprint density at radius 1 is 1.45 bits per heavy atom. The quantitative estimate of drug-likeness (QED) is 0.854. The largest absolute Gasteiger partial charge is 0.272 e. The summed E-state index contributed by atoms with van der Waals surface area (Å²) in [6, 6.07) is 4.52. The van der Waals surface area contributed by atoms with E-state index in [9.17, 15) is 8.42 Å². The summed E-state index contributed by atoms with van der Waals surface area (Å²) in [5, 5.41) is 4.44. The molecule has 0 radical (unpaired) electrons. The van der Waals surface area contributed by atoms with Crippen molar-refractivity contribution in [2.45, 2.75) is 30.2 Å². The Balaban J connectivity index is 1.94. The smallest absolute Gasteiger partial charge is 0.242 e. The SMILES string of the molecule is Cn1ncc2c1CCCC2NS(=O)(=O)c1cc(Br)ccc1Cl. The van der Waals surface area contributed by atoms with Crippen molar-refractivity contribution >= 4 is 37.6 Å². The van der Waals surface area contributed by atoms with Gasteiger partial charge in [-0.15, -0.1) is 0 Å². The highest BCUT2D eigenvalue weighted by Gasteiger charge is 2.29. The van der Waals surface area contributed by atoms with Crippen LogP contribution in [0.15, 0.2) is 33.8 Å². The molecule has 8 heteroatoms. The molecule has 1 aliphatic rings. The lowest BCUT2D eigenvalue weighted by Gasteiger charge is -2.24. The highest BCUT2D eigenvalue weighted by molar-refractivity contribution is 9.10. The van der Waals surface area contributed by atoms with Gasteiger partial charge in [-0.25, -0.2) is 13.1 Å². The molecule has 0 spiro atoms. The minimum atomic E-state index is -3.70. The monoisotopic (exact) mass is 403 g/mol. The average molecular weight is 405 g/mol. The molecular weight excluding hydrogens is 390 g/mol. The number of hydrogen-bond acceptors (Lipinski definition) is 3. The number of sulfonamides is 1. The minimum Gasteiger partial charge on any atom is -0.272 e. The van der Waals surface area contributed by atoms with Gasteiger partial charge in [0.05, 0.1) is 17.3 Å². The third-order valence-corrected chi connectivity index (χ3v) is 6.30. The summed E-state index contributed by atoms with van der Waals surface area (Å²) in [4.78, 5) is 0.0829. The van der Waals surface area contributed by atoms with Crippen LogP contribution in [-0.4, -0.2) is 18.2 Å². The molecule has 1 aromatic heterocycles. The summed E-state index contributed by atoms with van der Waals surface area (Å²) in [5.74, 6) is 0. The Kier molecular flexibility index (Phi) is 4.33. The van der Waals surface area contributed by atoms with Crippen LogP contribution in [0.25, 0.3) is 0 Å². The number of aromatic nitrogens is 2. The number of nitrogens with zero attached hydrogens (tertiary/aromatic N) is 2. The first-order chi connectivity index (χ1) is 10.4. The second-order valence-electron chi connectivity index (χ2n) is 5.31. The molecule has 0 aliphatic heterocycles. The third kappa shape index (κ3) is 2.95. The Morgan fingerprint density at radius 3 is 3.00 bits per heavy atom. The van der Waals surface area contributed by atoms with Crippen molar-refractivity contribution < 1.29 is 8.42 Å². The lowest BCUT2D eigenvalue weighted by Crippen LogP contribution is -2.31. The van der Waals surface area contributed by atoms with E-state index < -0.39 is 10.0 Å².